The van der Waals surface area contributed by atoms with E-state index in [9.17, 15) is 4.79 Å². The number of rotatable bonds is 7. The maximum absolute atomic E-state index is 11.8. The van der Waals surface area contributed by atoms with Gasteiger partial charge in [-0.25, -0.2) is 0 Å². The normalized spacial score (nSPS) is 16.2. The lowest BCUT2D eigenvalue weighted by atomic mass is 10.0. The molecule has 27 heavy (non-hydrogen) atoms. The number of nitrogens with one attached hydrogen (secondary N) is 1. The summed E-state index contributed by atoms with van der Waals surface area (Å²) in [6.45, 7) is 9.46. The molecule has 1 aliphatic heterocycles. The van der Waals surface area contributed by atoms with Gasteiger partial charge in [-0.2, -0.15) is 0 Å². The summed E-state index contributed by atoms with van der Waals surface area (Å²) in [5, 5.41) is 3.79. The standard InChI is InChI=1S/C18H29ClN4O.3ClH/c1-14(15(2)20)18(24)21-8-5-9-22-10-12-23(13-11-22)17-7-4-3-6-16(17)19;;;/h3-4,6-7,14-15H,5,8-13,20H2,1-2H3,(H,21,24);3*1H. The van der Waals surface area contributed by atoms with Gasteiger partial charge in [-0.05, 0) is 32.0 Å². The highest BCUT2D eigenvalue weighted by atomic mass is 35.5. The molecule has 9 heteroatoms. The molecule has 1 saturated heterocycles. The van der Waals surface area contributed by atoms with Crippen molar-refractivity contribution in [1.82, 2.24) is 10.2 Å². The molecule has 1 aromatic carbocycles. The zero-order valence-electron chi connectivity index (χ0n) is 15.9. The number of carbonyl (C=O) groups excluding carboxylic acids is 1. The van der Waals surface area contributed by atoms with Crippen molar-refractivity contribution in [3.8, 4) is 0 Å². The highest BCUT2D eigenvalue weighted by Crippen LogP contribution is 2.25. The number of nitrogens with zero attached hydrogens (tertiary/aromatic N) is 2. The van der Waals surface area contributed by atoms with Crippen LogP contribution in [0.25, 0.3) is 0 Å². The summed E-state index contributed by atoms with van der Waals surface area (Å²) in [5.41, 5.74) is 6.87. The van der Waals surface area contributed by atoms with Gasteiger partial charge in [-0.3, -0.25) is 9.69 Å². The fraction of sp³-hybridized carbons (Fsp3) is 0.611. The Balaban J connectivity index is 0. The second-order valence-electron chi connectivity index (χ2n) is 6.57. The van der Waals surface area contributed by atoms with E-state index in [1.165, 1.54) is 0 Å². The van der Waals surface area contributed by atoms with Gasteiger partial charge < -0.3 is 16.0 Å². The van der Waals surface area contributed by atoms with Crippen LogP contribution in [0.2, 0.25) is 5.02 Å². The first kappa shape index (κ1) is 28.8. The van der Waals surface area contributed by atoms with Crippen molar-refractivity contribution >= 4 is 60.4 Å². The lowest BCUT2D eigenvalue weighted by molar-refractivity contribution is -0.124. The van der Waals surface area contributed by atoms with Crippen LogP contribution in [0.15, 0.2) is 24.3 Å². The Bertz CT molecular complexity index is 540. The molecule has 2 rings (SSSR count). The van der Waals surface area contributed by atoms with Gasteiger partial charge in [0, 0.05) is 44.7 Å². The number of anilines is 1. The van der Waals surface area contributed by atoms with Gasteiger partial charge in [0.15, 0.2) is 0 Å². The molecular weight excluding hydrogens is 430 g/mol. The zero-order valence-corrected chi connectivity index (χ0v) is 19.1. The van der Waals surface area contributed by atoms with Crippen LogP contribution >= 0.6 is 48.8 Å². The summed E-state index contributed by atoms with van der Waals surface area (Å²) in [7, 11) is 0. The molecule has 0 saturated carbocycles. The number of nitrogens with two attached hydrogens (primary N) is 1. The van der Waals surface area contributed by atoms with Crippen molar-refractivity contribution in [2.24, 2.45) is 11.7 Å². The Labute approximate surface area is 186 Å². The van der Waals surface area contributed by atoms with E-state index in [0.29, 0.717) is 6.54 Å². The number of halogens is 4. The van der Waals surface area contributed by atoms with Crippen LogP contribution in [0.4, 0.5) is 5.69 Å². The first-order valence-electron chi connectivity index (χ1n) is 8.74. The molecule has 3 N–H and O–H groups in total. The number of hydrogen-bond donors (Lipinski definition) is 2. The van der Waals surface area contributed by atoms with E-state index in [1.54, 1.807) is 0 Å². The fourth-order valence-electron chi connectivity index (χ4n) is 2.83. The van der Waals surface area contributed by atoms with Crippen molar-refractivity contribution in [2.45, 2.75) is 26.3 Å². The van der Waals surface area contributed by atoms with Gasteiger partial charge in [0.1, 0.15) is 0 Å². The molecule has 158 valence electrons. The van der Waals surface area contributed by atoms with Crippen molar-refractivity contribution in [3.05, 3.63) is 29.3 Å². The average Bonchev–Trinajstić information content (AvgIpc) is 2.59. The topological polar surface area (TPSA) is 61.6 Å². The number of piperazine rings is 1. The van der Waals surface area contributed by atoms with Crippen LogP contribution in [-0.4, -0.2) is 56.1 Å². The molecular formula is C18H32Cl4N4O. The Kier molecular flexibility index (Phi) is 15.5. The third kappa shape index (κ3) is 9.07. The number of amides is 1. The molecule has 2 unspecified atom stereocenters. The molecule has 0 radical (unpaired) electrons. The van der Waals surface area contributed by atoms with E-state index in [-0.39, 0.29) is 55.1 Å². The number of para-hydroxylation sites is 1. The monoisotopic (exact) mass is 460 g/mol. The van der Waals surface area contributed by atoms with Gasteiger partial charge >= 0.3 is 0 Å². The van der Waals surface area contributed by atoms with E-state index in [2.05, 4.69) is 21.2 Å². The molecule has 1 aromatic rings. The van der Waals surface area contributed by atoms with Crippen LogP contribution in [0, 0.1) is 5.92 Å². The van der Waals surface area contributed by atoms with E-state index < -0.39 is 0 Å². The minimum absolute atomic E-state index is 0. The Hall–Kier alpha value is -0.430. The molecule has 0 aromatic heterocycles. The summed E-state index contributed by atoms with van der Waals surface area (Å²) >= 11 is 6.27. The molecule has 0 aliphatic carbocycles. The molecule has 2 atom stereocenters. The third-order valence-electron chi connectivity index (χ3n) is 4.72. The zero-order chi connectivity index (χ0) is 17.5. The molecule has 0 bridgehead atoms. The van der Waals surface area contributed by atoms with Gasteiger partial charge in [-0.1, -0.05) is 30.7 Å². The highest BCUT2D eigenvalue weighted by molar-refractivity contribution is 6.33. The average molecular weight is 462 g/mol. The minimum atomic E-state index is -0.135. The lowest BCUT2D eigenvalue weighted by Gasteiger charge is -2.36. The van der Waals surface area contributed by atoms with E-state index >= 15 is 0 Å². The summed E-state index contributed by atoms with van der Waals surface area (Å²) in [4.78, 5) is 16.6. The van der Waals surface area contributed by atoms with E-state index in [4.69, 9.17) is 17.3 Å². The maximum atomic E-state index is 11.8. The number of hydrogen-bond acceptors (Lipinski definition) is 4. The quantitative estimate of drug-likeness (QED) is 0.612. The van der Waals surface area contributed by atoms with E-state index in [0.717, 1.165) is 49.9 Å². The fourth-order valence-corrected chi connectivity index (χ4v) is 3.09. The SMILES string of the molecule is CC(N)C(C)C(=O)NCCCN1CCN(c2ccccc2Cl)CC1.Cl.Cl.Cl. The molecule has 1 amide bonds. The van der Waals surface area contributed by atoms with Gasteiger partial charge in [0.25, 0.3) is 0 Å². The van der Waals surface area contributed by atoms with Crippen LogP contribution in [0.5, 0.6) is 0 Å². The summed E-state index contributed by atoms with van der Waals surface area (Å²) in [6, 6.07) is 7.90. The van der Waals surface area contributed by atoms with E-state index in [1.807, 2.05) is 32.0 Å². The van der Waals surface area contributed by atoms with Crippen molar-refractivity contribution in [1.29, 1.82) is 0 Å². The maximum Gasteiger partial charge on any atom is 0.224 e. The molecule has 1 fully saturated rings. The first-order valence-corrected chi connectivity index (χ1v) is 9.12. The Morgan fingerprint density at radius 3 is 2.30 bits per heavy atom. The Morgan fingerprint density at radius 1 is 1.15 bits per heavy atom. The predicted octanol–water partition coefficient (Wildman–Crippen LogP) is 3.22. The van der Waals surface area contributed by atoms with Crippen molar-refractivity contribution in [2.75, 3.05) is 44.2 Å². The number of benzene rings is 1. The minimum Gasteiger partial charge on any atom is -0.368 e. The lowest BCUT2D eigenvalue weighted by Crippen LogP contribution is -2.47. The second-order valence-corrected chi connectivity index (χ2v) is 6.98. The summed E-state index contributed by atoms with van der Waals surface area (Å²) in [6.07, 6.45) is 0.962. The van der Waals surface area contributed by atoms with Crippen LogP contribution in [-0.2, 0) is 4.79 Å². The van der Waals surface area contributed by atoms with Crippen LogP contribution in [0.1, 0.15) is 20.3 Å². The second kappa shape index (κ2) is 14.6. The smallest absolute Gasteiger partial charge is 0.224 e. The highest BCUT2D eigenvalue weighted by Gasteiger charge is 2.19. The largest absolute Gasteiger partial charge is 0.368 e. The predicted molar refractivity (Wildman–Crippen MR) is 122 cm³/mol. The van der Waals surface area contributed by atoms with Gasteiger partial charge in [0.2, 0.25) is 5.91 Å². The summed E-state index contributed by atoms with van der Waals surface area (Å²) in [5.74, 6) is -0.0855. The van der Waals surface area contributed by atoms with Gasteiger partial charge in [-0.15, -0.1) is 37.2 Å². The molecule has 1 heterocycles. The van der Waals surface area contributed by atoms with Crippen LogP contribution in [0.3, 0.4) is 0 Å². The third-order valence-corrected chi connectivity index (χ3v) is 5.04. The van der Waals surface area contributed by atoms with Crippen molar-refractivity contribution in [3.63, 3.8) is 0 Å². The molecule has 0 spiro atoms. The molecule has 1 aliphatic rings. The first-order chi connectivity index (χ1) is 11.5. The van der Waals surface area contributed by atoms with Gasteiger partial charge in [0.05, 0.1) is 10.7 Å². The van der Waals surface area contributed by atoms with Crippen LogP contribution < -0.4 is 16.0 Å². The number of carbonyl (C=O) groups is 1. The van der Waals surface area contributed by atoms with Crippen molar-refractivity contribution < 1.29 is 4.79 Å². The molecule has 5 nitrogen and oxygen atoms in total. The summed E-state index contributed by atoms with van der Waals surface area (Å²) < 4.78 is 0. The Morgan fingerprint density at radius 2 is 1.74 bits per heavy atom.